The molecule has 20 heavy (non-hydrogen) atoms. The standard InChI is InChI=1S/C14H23NO4S/c1-4-5-13(10-19-3)15-20(17,18)14-8-6-12(7-9-14)11(2)16/h6-9,11,13,15-16H,4-5,10H2,1-3H3. The molecular weight excluding hydrogens is 278 g/mol. The molecule has 1 aromatic rings. The molecule has 0 fully saturated rings. The number of methoxy groups -OCH3 is 1. The van der Waals surface area contributed by atoms with Gasteiger partial charge < -0.3 is 9.84 Å². The van der Waals surface area contributed by atoms with Crippen LogP contribution in [0, 0.1) is 0 Å². The lowest BCUT2D eigenvalue weighted by atomic mass is 10.1. The third kappa shape index (κ3) is 4.86. The number of benzene rings is 1. The van der Waals surface area contributed by atoms with Crippen LogP contribution in [0.2, 0.25) is 0 Å². The number of sulfonamides is 1. The molecule has 0 aromatic heterocycles. The molecular formula is C14H23NO4S. The van der Waals surface area contributed by atoms with E-state index in [1.54, 1.807) is 26.2 Å². The second-order valence-corrected chi connectivity index (χ2v) is 6.52. The number of nitrogens with one attached hydrogen (secondary N) is 1. The number of hydrogen-bond donors (Lipinski definition) is 2. The first-order valence-corrected chi connectivity index (χ1v) is 8.18. The predicted molar refractivity (Wildman–Crippen MR) is 78.0 cm³/mol. The maximum atomic E-state index is 12.2. The van der Waals surface area contributed by atoms with Crippen LogP contribution in [0.5, 0.6) is 0 Å². The van der Waals surface area contributed by atoms with Gasteiger partial charge in [-0.1, -0.05) is 25.5 Å². The zero-order valence-electron chi connectivity index (χ0n) is 12.2. The molecule has 2 unspecified atom stereocenters. The number of aliphatic hydroxyl groups excluding tert-OH is 1. The minimum absolute atomic E-state index is 0.194. The third-order valence-electron chi connectivity index (χ3n) is 3.00. The topological polar surface area (TPSA) is 75.6 Å². The Hall–Kier alpha value is -0.950. The lowest BCUT2D eigenvalue weighted by Gasteiger charge is -2.17. The smallest absolute Gasteiger partial charge is 0.240 e. The number of rotatable bonds is 8. The van der Waals surface area contributed by atoms with Crippen LogP contribution in [0.4, 0.5) is 0 Å². The van der Waals surface area contributed by atoms with E-state index in [0.29, 0.717) is 12.2 Å². The summed E-state index contributed by atoms with van der Waals surface area (Å²) in [6.07, 6.45) is 0.983. The van der Waals surface area contributed by atoms with Crippen LogP contribution >= 0.6 is 0 Å². The van der Waals surface area contributed by atoms with Crippen molar-refractivity contribution in [3.05, 3.63) is 29.8 Å². The third-order valence-corrected chi connectivity index (χ3v) is 4.54. The van der Waals surface area contributed by atoms with E-state index in [1.165, 1.54) is 12.1 Å². The van der Waals surface area contributed by atoms with Crippen molar-refractivity contribution in [3.63, 3.8) is 0 Å². The first-order chi connectivity index (χ1) is 9.40. The second kappa shape index (κ2) is 7.73. The van der Waals surface area contributed by atoms with Crippen LogP contribution in [0.25, 0.3) is 0 Å². The Morgan fingerprint density at radius 2 is 1.90 bits per heavy atom. The lowest BCUT2D eigenvalue weighted by molar-refractivity contribution is 0.171. The van der Waals surface area contributed by atoms with E-state index in [1.807, 2.05) is 6.92 Å². The highest BCUT2D eigenvalue weighted by molar-refractivity contribution is 7.89. The first kappa shape index (κ1) is 17.1. The van der Waals surface area contributed by atoms with Gasteiger partial charge in [-0.3, -0.25) is 0 Å². The van der Waals surface area contributed by atoms with Gasteiger partial charge in [0.2, 0.25) is 10.0 Å². The van der Waals surface area contributed by atoms with Gasteiger partial charge in [0.25, 0.3) is 0 Å². The van der Waals surface area contributed by atoms with Crippen molar-refractivity contribution in [2.75, 3.05) is 13.7 Å². The average molecular weight is 301 g/mol. The van der Waals surface area contributed by atoms with Crippen LogP contribution in [0.1, 0.15) is 38.4 Å². The van der Waals surface area contributed by atoms with Crippen molar-refractivity contribution >= 4 is 10.0 Å². The number of aliphatic hydroxyl groups is 1. The van der Waals surface area contributed by atoms with E-state index in [9.17, 15) is 13.5 Å². The molecule has 1 aromatic carbocycles. The fourth-order valence-electron chi connectivity index (χ4n) is 1.94. The summed E-state index contributed by atoms with van der Waals surface area (Å²) in [6, 6.07) is 6.00. The fourth-order valence-corrected chi connectivity index (χ4v) is 3.19. The highest BCUT2D eigenvalue weighted by atomic mass is 32.2. The Balaban J connectivity index is 2.86. The van der Waals surface area contributed by atoms with E-state index >= 15 is 0 Å². The van der Waals surface area contributed by atoms with Crippen LogP contribution in [-0.2, 0) is 14.8 Å². The average Bonchev–Trinajstić information content (AvgIpc) is 2.39. The van der Waals surface area contributed by atoms with Gasteiger partial charge in [0.1, 0.15) is 0 Å². The van der Waals surface area contributed by atoms with E-state index in [4.69, 9.17) is 4.74 Å². The Morgan fingerprint density at radius 1 is 1.30 bits per heavy atom. The molecule has 0 aliphatic heterocycles. The Labute approximate surface area is 121 Å². The van der Waals surface area contributed by atoms with Crippen molar-refractivity contribution < 1.29 is 18.3 Å². The van der Waals surface area contributed by atoms with Crippen LogP contribution in [-0.4, -0.2) is 33.3 Å². The van der Waals surface area contributed by atoms with Gasteiger partial charge in [0, 0.05) is 13.2 Å². The van der Waals surface area contributed by atoms with Gasteiger partial charge >= 0.3 is 0 Å². The van der Waals surface area contributed by atoms with E-state index < -0.39 is 16.1 Å². The van der Waals surface area contributed by atoms with Gasteiger partial charge in [-0.05, 0) is 31.0 Å². The summed E-state index contributed by atoms with van der Waals surface area (Å²) in [5.41, 5.74) is 0.686. The molecule has 6 heteroatoms. The van der Waals surface area contributed by atoms with Crippen molar-refractivity contribution in [2.45, 2.75) is 43.7 Å². The predicted octanol–water partition coefficient (Wildman–Crippen LogP) is 1.83. The molecule has 2 N–H and O–H groups in total. The van der Waals surface area contributed by atoms with Crippen LogP contribution in [0.3, 0.4) is 0 Å². The second-order valence-electron chi connectivity index (χ2n) is 4.81. The zero-order chi connectivity index (χ0) is 15.2. The monoisotopic (exact) mass is 301 g/mol. The van der Waals surface area contributed by atoms with Gasteiger partial charge in [0.15, 0.2) is 0 Å². The van der Waals surface area contributed by atoms with E-state index in [2.05, 4.69) is 4.72 Å². The first-order valence-electron chi connectivity index (χ1n) is 6.70. The zero-order valence-corrected chi connectivity index (χ0v) is 13.0. The Morgan fingerprint density at radius 3 is 2.35 bits per heavy atom. The van der Waals surface area contributed by atoms with Crippen molar-refractivity contribution in [1.82, 2.24) is 4.72 Å². The largest absolute Gasteiger partial charge is 0.389 e. The summed E-state index contributed by atoms with van der Waals surface area (Å²) in [5, 5.41) is 9.42. The molecule has 0 saturated carbocycles. The minimum atomic E-state index is -3.56. The molecule has 0 spiro atoms. The molecule has 0 radical (unpaired) electrons. The van der Waals surface area contributed by atoms with E-state index in [0.717, 1.165) is 12.8 Å². The molecule has 2 atom stereocenters. The van der Waals surface area contributed by atoms with Gasteiger partial charge in [-0.2, -0.15) is 0 Å². The van der Waals surface area contributed by atoms with Crippen LogP contribution < -0.4 is 4.72 Å². The van der Waals surface area contributed by atoms with Crippen LogP contribution in [0.15, 0.2) is 29.2 Å². The molecule has 0 bridgehead atoms. The number of hydrogen-bond acceptors (Lipinski definition) is 4. The number of ether oxygens (including phenoxy) is 1. The molecule has 0 aliphatic carbocycles. The van der Waals surface area contributed by atoms with Gasteiger partial charge in [0.05, 0.1) is 17.6 Å². The molecule has 0 amide bonds. The van der Waals surface area contributed by atoms with Gasteiger partial charge in [-0.15, -0.1) is 0 Å². The summed E-state index contributed by atoms with van der Waals surface area (Å²) >= 11 is 0. The van der Waals surface area contributed by atoms with Gasteiger partial charge in [-0.25, -0.2) is 13.1 Å². The molecule has 114 valence electrons. The molecule has 0 saturated heterocycles. The molecule has 0 aliphatic rings. The fraction of sp³-hybridized carbons (Fsp3) is 0.571. The Kier molecular flexibility index (Phi) is 6.61. The maximum absolute atomic E-state index is 12.2. The highest BCUT2D eigenvalue weighted by Crippen LogP contribution is 2.16. The highest BCUT2D eigenvalue weighted by Gasteiger charge is 2.19. The summed E-state index contributed by atoms with van der Waals surface area (Å²) in [6.45, 7) is 3.98. The lowest BCUT2D eigenvalue weighted by Crippen LogP contribution is -2.37. The Bertz CT molecular complexity index is 490. The van der Waals surface area contributed by atoms with E-state index in [-0.39, 0.29) is 10.9 Å². The SMILES string of the molecule is CCCC(COC)NS(=O)(=O)c1ccc(C(C)O)cc1. The van der Waals surface area contributed by atoms with Crippen molar-refractivity contribution in [3.8, 4) is 0 Å². The molecule has 0 heterocycles. The van der Waals surface area contributed by atoms with Crippen molar-refractivity contribution in [1.29, 1.82) is 0 Å². The molecule has 1 rings (SSSR count). The van der Waals surface area contributed by atoms with Crippen molar-refractivity contribution in [2.24, 2.45) is 0 Å². The summed E-state index contributed by atoms with van der Waals surface area (Å²) in [7, 11) is -2.01. The summed E-state index contributed by atoms with van der Waals surface area (Å²) in [5.74, 6) is 0. The quantitative estimate of drug-likeness (QED) is 0.768. The minimum Gasteiger partial charge on any atom is -0.389 e. The summed E-state index contributed by atoms with van der Waals surface area (Å²) in [4.78, 5) is 0.194. The maximum Gasteiger partial charge on any atom is 0.240 e. The summed E-state index contributed by atoms with van der Waals surface area (Å²) < 4.78 is 32.2. The normalized spacial score (nSPS) is 15.0. The molecule has 5 nitrogen and oxygen atoms in total.